The van der Waals surface area contributed by atoms with Gasteiger partial charge in [-0.15, -0.1) is 12.4 Å². The van der Waals surface area contributed by atoms with E-state index >= 15 is 0 Å². The molecule has 0 aliphatic carbocycles. The number of halogens is 4. The van der Waals surface area contributed by atoms with Crippen LogP contribution >= 0.6 is 24.2 Å². The molecule has 0 bridgehead atoms. The summed E-state index contributed by atoms with van der Waals surface area (Å²) < 4.78 is 35.2. The molecule has 80 valence electrons. The Kier molecular flexibility index (Phi) is 6.16. The molecule has 0 aromatic rings. The zero-order valence-electron chi connectivity index (χ0n) is 7.06. The van der Waals surface area contributed by atoms with Gasteiger partial charge in [-0.2, -0.15) is 13.2 Å². The highest BCUT2D eigenvalue weighted by atomic mass is 35.5. The lowest BCUT2D eigenvalue weighted by Gasteiger charge is -2.23. The summed E-state index contributed by atoms with van der Waals surface area (Å²) in [4.78, 5) is 0. The first-order chi connectivity index (χ1) is 5.58. The van der Waals surface area contributed by atoms with Crippen molar-refractivity contribution in [3.8, 4) is 0 Å². The van der Waals surface area contributed by atoms with E-state index in [9.17, 15) is 13.2 Å². The highest BCUT2D eigenvalue weighted by molar-refractivity contribution is 8.00. The van der Waals surface area contributed by atoms with E-state index in [1.165, 1.54) is 0 Å². The number of alkyl halides is 3. The molecule has 1 saturated heterocycles. The fraction of sp³-hybridized carbons (Fsp3) is 1.00. The maximum Gasteiger partial charge on any atom is 0.441 e. The van der Waals surface area contributed by atoms with Crippen LogP contribution < -0.4 is 5.32 Å². The molecule has 0 aromatic carbocycles. The zero-order chi connectivity index (χ0) is 9.03. The summed E-state index contributed by atoms with van der Waals surface area (Å²) in [5, 5.41) is 3.07. The van der Waals surface area contributed by atoms with Crippen molar-refractivity contribution in [1.29, 1.82) is 0 Å². The third kappa shape index (κ3) is 6.46. The van der Waals surface area contributed by atoms with Gasteiger partial charge in [0.1, 0.15) is 0 Å². The molecule has 1 atom stereocenters. The predicted octanol–water partition coefficient (Wildman–Crippen LogP) is 2.80. The van der Waals surface area contributed by atoms with Gasteiger partial charge in [-0.3, -0.25) is 0 Å². The van der Waals surface area contributed by atoms with Crippen molar-refractivity contribution in [1.82, 2.24) is 5.32 Å². The Morgan fingerprint density at radius 3 is 2.46 bits per heavy atom. The minimum absolute atomic E-state index is 0. The molecule has 1 aliphatic rings. The summed E-state index contributed by atoms with van der Waals surface area (Å²) in [6.45, 7) is 0.864. The Balaban J connectivity index is 0.00000144. The van der Waals surface area contributed by atoms with Crippen molar-refractivity contribution in [2.75, 3.05) is 12.3 Å². The Morgan fingerprint density at radius 1 is 1.31 bits per heavy atom. The van der Waals surface area contributed by atoms with Crippen molar-refractivity contribution in [2.24, 2.45) is 0 Å². The summed E-state index contributed by atoms with van der Waals surface area (Å²) in [5.41, 5.74) is -4.07. The van der Waals surface area contributed by atoms with Gasteiger partial charge in [0.25, 0.3) is 0 Å². The maximum absolute atomic E-state index is 11.7. The van der Waals surface area contributed by atoms with Gasteiger partial charge in [-0.25, -0.2) is 0 Å². The molecule has 0 amide bonds. The van der Waals surface area contributed by atoms with Crippen molar-refractivity contribution < 1.29 is 13.2 Å². The Morgan fingerprint density at radius 2 is 2.00 bits per heavy atom. The van der Waals surface area contributed by atoms with E-state index in [-0.39, 0.29) is 36.0 Å². The van der Waals surface area contributed by atoms with Gasteiger partial charge in [0.05, 0.1) is 0 Å². The highest BCUT2D eigenvalue weighted by Gasteiger charge is 2.29. The first-order valence-corrected chi connectivity index (χ1v) is 5.00. The number of rotatable bonds is 2. The molecule has 1 unspecified atom stereocenters. The fourth-order valence-corrected chi connectivity index (χ4v) is 1.94. The molecule has 13 heavy (non-hydrogen) atoms. The van der Waals surface area contributed by atoms with Crippen molar-refractivity contribution in [2.45, 2.75) is 30.8 Å². The minimum Gasteiger partial charge on any atom is -0.313 e. The third-order valence-electron chi connectivity index (χ3n) is 1.86. The average molecular weight is 236 g/mol. The van der Waals surface area contributed by atoms with E-state index in [0.717, 1.165) is 25.8 Å². The number of piperidine rings is 1. The first kappa shape index (κ1) is 13.4. The SMILES string of the molecule is Cl.FC(F)(F)SCC1CCCCN1. The second-order valence-electron chi connectivity index (χ2n) is 2.90. The molecule has 0 spiro atoms. The zero-order valence-corrected chi connectivity index (χ0v) is 8.70. The topological polar surface area (TPSA) is 12.0 Å². The summed E-state index contributed by atoms with van der Waals surface area (Å²) in [7, 11) is 0. The number of nitrogens with one attached hydrogen (secondary N) is 1. The van der Waals surface area contributed by atoms with Crippen LogP contribution in [0.2, 0.25) is 0 Å². The molecule has 1 fully saturated rings. The molecule has 6 heteroatoms. The summed E-state index contributed by atoms with van der Waals surface area (Å²) in [6, 6.07) is 0.0605. The molecule has 1 heterocycles. The predicted molar refractivity (Wildman–Crippen MR) is 51.4 cm³/mol. The normalized spacial score (nSPS) is 23.8. The number of hydrogen-bond donors (Lipinski definition) is 1. The third-order valence-corrected chi connectivity index (χ3v) is 2.76. The maximum atomic E-state index is 11.7. The van der Waals surface area contributed by atoms with Gasteiger partial charge in [0, 0.05) is 11.8 Å². The quantitative estimate of drug-likeness (QED) is 0.790. The first-order valence-electron chi connectivity index (χ1n) is 4.02. The molecular formula is C7H13ClF3NS. The van der Waals surface area contributed by atoms with E-state index in [1.54, 1.807) is 0 Å². The van der Waals surface area contributed by atoms with Crippen LogP contribution in [0.4, 0.5) is 13.2 Å². The summed E-state index contributed by atoms with van der Waals surface area (Å²) in [5.74, 6) is 0.156. The van der Waals surface area contributed by atoms with Gasteiger partial charge in [0.2, 0.25) is 0 Å². The van der Waals surface area contributed by atoms with Crippen LogP contribution in [0.1, 0.15) is 19.3 Å². The molecule has 1 rings (SSSR count). The highest BCUT2D eigenvalue weighted by Crippen LogP contribution is 2.31. The summed E-state index contributed by atoms with van der Waals surface area (Å²) in [6.07, 6.45) is 3.02. The second-order valence-corrected chi connectivity index (χ2v) is 3.99. The largest absolute Gasteiger partial charge is 0.441 e. The molecule has 0 saturated carbocycles. The van der Waals surface area contributed by atoms with Crippen LogP contribution in [-0.2, 0) is 0 Å². The Hall–Kier alpha value is 0.390. The van der Waals surface area contributed by atoms with Crippen molar-refractivity contribution in [3.05, 3.63) is 0 Å². The lowest BCUT2D eigenvalue weighted by molar-refractivity contribution is -0.0329. The molecule has 0 aromatic heterocycles. The van der Waals surface area contributed by atoms with Crippen LogP contribution in [-0.4, -0.2) is 23.8 Å². The fourth-order valence-electron chi connectivity index (χ4n) is 1.26. The van der Waals surface area contributed by atoms with Crippen LogP contribution in [0.5, 0.6) is 0 Å². The van der Waals surface area contributed by atoms with Gasteiger partial charge in [0.15, 0.2) is 0 Å². The van der Waals surface area contributed by atoms with Gasteiger partial charge in [-0.1, -0.05) is 6.42 Å². The lowest BCUT2D eigenvalue weighted by Crippen LogP contribution is -2.36. The van der Waals surface area contributed by atoms with E-state index in [2.05, 4.69) is 5.32 Å². The van der Waals surface area contributed by atoms with Gasteiger partial charge in [-0.05, 0) is 31.1 Å². The van der Waals surface area contributed by atoms with Crippen molar-refractivity contribution in [3.63, 3.8) is 0 Å². The standard InChI is InChI=1S/C7H12F3NS.ClH/c8-7(9,10)12-5-6-3-1-2-4-11-6;/h6,11H,1-5H2;1H. The minimum atomic E-state index is -4.07. The Labute approximate surface area is 86.2 Å². The number of thioether (sulfide) groups is 1. The number of hydrogen-bond acceptors (Lipinski definition) is 2. The second kappa shape index (κ2) is 5.98. The Bertz CT molecular complexity index is 136. The van der Waals surface area contributed by atoms with E-state index < -0.39 is 5.51 Å². The molecule has 0 radical (unpaired) electrons. The molecule has 1 nitrogen and oxygen atoms in total. The van der Waals surface area contributed by atoms with E-state index in [1.807, 2.05) is 0 Å². The lowest BCUT2D eigenvalue weighted by atomic mass is 10.1. The summed E-state index contributed by atoms with van der Waals surface area (Å²) >= 11 is 0.0776. The van der Waals surface area contributed by atoms with Gasteiger partial charge < -0.3 is 5.32 Å². The molecule has 1 aliphatic heterocycles. The monoisotopic (exact) mass is 235 g/mol. The average Bonchev–Trinajstić information content (AvgIpc) is 2.02. The van der Waals surface area contributed by atoms with Crippen LogP contribution in [0.25, 0.3) is 0 Å². The molecule has 1 N–H and O–H groups in total. The smallest absolute Gasteiger partial charge is 0.313 e. The van der Waals surface area contributed by atoms with E-state index in [4.69, 9.17) is 0 Å². The van der Waals surface area contributed by atoms with Crippen molar-refractivity contribution >= 4 is 24.2 Å². The van der Waals surface area contributed by atoms with Crippen LogP contribution in [0.15, 0.2) is 0 Å². The molecular weight excluding hydrogens is 223 g/mol. The van der Waals surface area contributed by atoms with Gasteiger partial charge >= 0.3 is 5.51 Å². The van der Waals surface area contributed by atoms with E-state index in [0.29, 0.717) is 0 Å². The van der Waals surface area contributed by atoms with Crippen LogP contribution in [0.3, 0.4) is 0 Å². The van der Waals surface area contributed by atoms with Crippen LogP contribution in [0, 0.1) is 0 Å².